The van der Waals surface area contributed by atoms with Gasteiger partial charge in [-0.15, -0.1) is 0 Å². The second kappa shape index (κ2) is 6.90. The molecule has 0 aliphatic carbocycles. The van der Waals surface area contributed by atoms with Gasteiger partial charge in [0.15, 0.2) is 5.78 Å². The van der Waals surface area contributed by atoms with E-state index in [2.05, 4.69) is 4.98 Å². The molecule has 0 aliphatic rings. The molecule has 0 fully saturated rings. The Morgan fingerprint density at radius 3 is 2.33 bits per heavy atom. The van der Waals surface area contributed by atoms with Gasteiger partial charge in [-0.1, -0.05) is 12.1 Å². The fourth-order valence-corrected chi connectivity index (χ4v) is 2.26. The lowest BCUT2D eigenvalue weighted by molar-refractivity contribution is -0.137. The first-order valence-electron chi connectivity index (χ1n) is 7.28. The Morgan fingerprint density at radius 1 is 1.17 bits per heavy atom. The Bertz CT molecular complexity index is 745. The van der Waals surface area contributed by atoms with E-state index >= 15 is 0 Å². The van der Waals surface area contributed by atoms with E-state index in [1.54, 1.807) is 13.8 Å². The molecule has 0 amide bonds. The van der Waals surface area contributed by atoms with Gasteiger partial charge < -0.3 is 9.72 Å². The quantitative estimate of drug-likeness (QED) is 0.663. The summed E-state index contributed by atoms with van der Waals surface area (Å²) in [4.78, 5) is 26.7. The maximum Gasteiger partial charge on any atom is 0.416 e. The van der Waals surface area contributed by atoms with E-state index < -0.39 is 17.7 Å². The summed E-state index contributed by atoms with van der Waals surface area (Å²) in [6.07, 6.45) is -4.46. The zero-order valence-corrected chi connectivity index (χ0v) is 13.2. The molecule has 2 aromatic rings. The van der Waals surface area contributed by atoms with E-state index in [1.807, 2.05) is 0 Å². The predicted molar refractivity (Wildman–Crippen MR) is 81.0 cm³/mol. The van der Waals surface area contributed by atoms with Crippen molar-refractivity contribution < 1.29 is 27.5 Å². The van der Waals surface area contributed by atoms with Gasteiger partial charge in [0, 0.05) is 17.7 Å². The Morgan fingerprint density at radius 2 is 1.79 bits per heavy atom. The lowest BCUT2D eigenvalue weighted by Gasteiger charge is -2.07. The monoisotopic (exact) mass is 339 g/mol. The summed E-state index contributed by atoms with van der Waals surface area (Å²) in [7, 11) is 0. The van der Waals surface area contributed by atoms with Crippen molar-refractivity contribution in [3.05, 3.63) is 58.4 Å². The van der Waals surface area contributed by atoms with E-state index in [4.69, 9.17) is 4.74 Å². The SMILES string of the molecule is CCOC(=O)c1cc(C(=O)Cc2ccc(C(F)(F)F)cc2)c(C)[nH]1. The molecular weight excluding hydrogens is 323 g/mol. The fourth-order valence-electron chi connectivity index (χ4n) is 2.26. The average molecular weight is 339 g/mol. The molecule has 128 valence electrons. The molecule has 0 saturated carbocycles. The van der Waals surface area contributed by atoms with Crippen LogP contribution in [0, 0.1) is 6.92 Å². The van der Waals surface area contributed by atoms with E-state index in [-0.39, 0.29) is 24.5 Å². The van der Waals surface area contributed by atoms with Crippen LogP contribution in [0.25, 0.3) is 0 Å². The highest BCUT2D eigenvalue weighted by Gasteiger charge is 2.30. The highest BCUT2D eigenvalue weighted by Crippen LogP contribution is 2.29. The molecule has 0 bridgehead atoms. The molecule has 0 spiro atoms. The highest BCUT2D eigenvalue weighted by molar-refractivity contribution is 6.01. The van der Waals surface area contributed by atoms with Crippen molar-refractivity contribution in [1.29, 1.82) is 0 Å². The molecular formula is C17H16F3NO3. The summed E-state index contributed by atoms with van der Waals surface area (Å²) >= 11 is 0. The third-order valence-electron chi connectivity index (χ3n) is 3.46. The number of H-pyrrole nitrogens is 1. The molecule has 0 unspecified atom stereocenters. The number of esters is 1. The van der Waals surface area contributed by atoms with Gasteiger partial charge in [-0.3, -0.25) is 4.79 Å². The number of rotatable bonds is 5. The van der Waals surface area contributed by atoms with Gasteiger partial charge in [0.05, 0.1) is 12.2 Å². The van der Waals surface area contributed by atoms with Crippen LogP contribution in [0.3, 0.4) is 0 Å². The van der Waals surface area contributed by atoms with Crippen LogP contribution in [0.5, 0.6) is 0 Å². The lowest BCUT2D eigenvalue weighted by atomic mass is 10.0. The number of ether oxygens (including phenoxy) is 1. The van der Waals surface area contributed by atoms with Crippen molar-refractivity contribution in [1.82, 2.24) is 4.98 Å². The number of aromatic nitrogens is 1. The number of ketones is 1. The first-order valence-corrected chi connectivity index (χ1v) is 7.28. The Hall–Kier alpha value is -2.57. The second-order valence-electron chi connectivity index (χ2n) is 5.24. The number of hydrogen-bond acceptors (Lipinski definition) is 3. The predicted octanol–water partition coefficient (Wildman–Crippen LogP) is 3.94. The van der Waals surface area contributed by atoms with Crippen LogP contribution >= 0.6 is 0 Å². The lowest BCUT2D eigenvalue weighted by Crippen LogP contribution is -2.07. The summed E-state index contributed by atoms with van der Waals surface area (Å²) in [5.74, 6) is -0.853. The molecule has 24 heavy (non-hydrogen) atoms. The number of halogens is 3. The van der Waals surface area contributed by atoms with Crippen LogP contribution < -0.4 is 0 Å². The normalized spacial score (nSPS) is 11.4. The topological polar surface area (TPSA) is 59.2 Å². The Labute approximate surface area is 136 Å². The number of aromatic amines is 1. The number of aryl methyl sites for hydroxylation is 1. The third-order valence-corrected chi connectivity index (χ3v) is 3.46. The van der Waals surface area contributed by atoms with Crippen molar-refractivity contribution in [3.8, 4) is 0 Å². The smallest absolute Gasteiger partial charge is 0.416 e. The van der Waals surface area contributed by atoms with Gasteiger partial charge in [-0.05, 0) is 37.6 Å². The molecule has 4 nitrogen and oxygen atoms in total. The number of carbonyl (C=O) groups excluding carboxylic acids is 2. The molecule has 1 heterocycles. The average Bonchev–Trinajstić information content (AvgIpc) is 2.89. The van der Waals surface area contributed by atoms with Crippen molar-refractivity contribution in [3.63, 3.8) is 0 Å². The third kappa shape index (κ3) is 4.04. The second-order valence-corrected chi connectivity index (χ2v) is 5.24. The van der Waals surface area contributed by atoms with Gasteiger partial charge in [0.1, 0.15) is 5.69 Å². The summed E-state index contributed by atoms with van der Waals surface area (Å²) in [5.41, 5.74) is 0.699. The standard InChI is InChI=1S/C17H16F3NO3/c1-3-24-16(23)14-9-13(10(2)21-14)15(22)8-11-4-6-12(7-5-11)17(18,19)20/h4-7,9,21H,3,8H2,1-2H3. The van der Waals surface area contributed by atoms with Gasteiger partial charge in [-0.2, -0.15) is 13.2 Å². The van der Waals surface area contributed by atoms with E-state index in [0.29, 0.717) is 16.8 Å². The molecule has 0 aliphatic heterocycles. The largest absolute Gasteiger partial charge is 0.461 e. The minimum Gasteiger partial charge on any atom is -0.461 e. The molecule has 7 heteroatoms. The van der Waals surface area contributed by atoms with E-state index in [0.717, 1.165) is 12.1 Å². The van der Waals surface area contributed by atoms with Crippen LogP contribution in [0.4, 0.5) is 13.2 Å². The van der Waals surface area contributed by atoms with Gasteiger partial charge in [0.2, 0.25) is 0 Å². The van der Waals surface area contributed by atoms with Crippen molar-refractivity contribution in [2.24, 2.45) is 0 Å². The van der Waals surface area contributed by atoms with Gasteiger partial charge >= 0.3 is 12.1 Å². The Kier molecular flexibility index (Phi) is 5.11. The maximum atomic E-state index is 12.5. The zero-order valence-electron chi connectivity index (χ0n) is 13.2. The maximum absolute atomic E-state index is 12.5. The summed E-state index contributed by atoms with van der Waals surface area (Å²) in [5, 5.41) is 0. The molecule has 1 N–H and O–H groups in total. The van der Waals surface area contributed by atoms with Crippen LogP contribution in [0.2, 0.25) is 0 Å². The van der Waals surface area contributed by atoms with Crippen LogP contribution in [-0.4, -0.2) is 23.3 Å². The number of alkyl halides is 3. The molecule has 0 radical (unpaired) electrons. The van der Waals surface area contributed by atoms with Gasteiger partial charge in [0.25, 0.3) is 0 Å². The minimum atomic E-state index is -4.41. The molecule has 0 atom stereocenters. The van der Waals surface area contributed by atoms with Crippen LogP contribution in [0.1, 0.15) is 44.6 Å². The van der Waals surface area contributed by atoms with E-state index in [1.165, 1.54) is 18.2 Å². The van der Waals surface area contributed by atoms with Crippen molar-refractivity contribution in [2.45, 2.75) is 26.4 Å². The van der Waals surface area contributed by atoms with Gasteiger partial charge in [-0.25, -0.2) is 4.79 Å². The van der Waals surface area contributed by atoms with E-state index in [9.17, 15) is 22.8 Å². The van der Waals surface area contributed by atoms with Crippen LogP contribution in [-0.2, 0) is 17.3 Å². The zero-order chi connectivity index (χ0) is 17.9. The number of nitrogens with one attached hydrogen (secondary N) is 1. The number of carbonyl (C=O) groups is 2. The summed E-state index contributed by atoms with van der Waals surface area (Å²) < 4.78 is 42.4. The fraction of sp³-hybridized carbons (Fsp3) is 0.294. The Balaban J connectivity index is 2.14. The number of Topliss-reactive ketones (excluding diaryl/α,β-unsaturated/α-hetero) is 1. The molecule has 0 saturated heterocycles. The van der Waals surface area contributed by atoms with Crippen molar-refractivity contribution >= 4 is 11.8 Å². The molecule has 1 aromatic carbocycles. The molecule has 1 aromatic heterocycles. The summed E-state index contributed by atoms with van der Waals surface area (Å²) in [6, 6.07) is 5.83. The number of hydrogen-bond donors (Lipinski definition) is 1. The number of benzene rings is 1. The highest BCUT2D eigenvalue weighted by atomic mass is 19.4. The summed E-state index contributed by atoms with van der Waals surface area (Å²) in [6.45, 7) is 3.53. The molecule has 2 rings (SSSR count). The first kappa shape index (κ1) is 17.8. The van der Waals surface area contributed by atoms with Crippen LogP contribution in [0.15, 0.2) is 30.3 Å². The minimum absolute atomic E-state index is 0.0565. The van der Waals surface area contributed by atoms with Crippen molar-refractivity contribution in [2.75, 3.05) is 6.61 Å². The first-order chi connectivity index (χ1) is 11.2.